The van der Waals surface area contributed by atoms with Gasteiger partial charge in [0, 0.05) is 16.3 Å². The monoisotopic (exact) mass is 457 g/mol. The molecule has 7 atom stereocenters. The van der Waals surface area contributed by atoms with E-state index in [4.69, 9.17) is 4.99 Å². The van der Waals surface area contributed by atoms with Gasteiger partial charge in [-0.1, -0.05) is 42.6 Å². The second kappa shape index (κ2) is 7.39. The number of phenolic OH excluding ortho intramolecular Hbond substituents is 1. The number of fused-ring (bicyclic) bond motifs is 5. The lowest BCUT2D eigenvalue weighted by Gasteiger charge is -2.60. The van der Waals surface area contributed by atoms with Gasteiger partial charge in [-0.2, -0.15) is 0 Å². The second-order valence-corrected chi connectivity index (χ2v) is 11.9. The van der Waals surface area contributed by atoms with Crippen LogP contribution in [-0.2, 0) is 0 Å². The van der Waals surface area contributed by atoms with Crippen molar-refractivity contribution < 1.29 is 5.11 Å². The number of rotatable bonds is 2. The topological polar surface area (TPSA) is 32.6 Å². The summed E-state index contributed by atoms with van der Waals surface area (Å²) in [5.74, 6) is 4.05. The van der Waals surface area contributed by atoms with Crippen LogP contribution in [-0.4, -0.2) is 17.4 Å². The molecule has 2 nitrogen and oxygen atoms in total. The lowest BCUT2D eigenvalue weighted by molar-refractivity contribution is -0.105. The first-order valence-electron chi connectivity index (χ1n) is 11.9. The van der Waals surface area contributed by atoms with Crippen LogP contribution in [0.4, 0.5) is 0 Å². The summed E-state index contributed by atoms with van der Waals surface area (Å²) in [6.45, 7) is 5.20. The molecule has 4 aliphatic rings. The van der Waals surface area contributed by atoms with Gasteiger partial charge >= 0.3 is 0 Å². The highest BCUT2D eigenvalue weighted by Crippen LogP contribution is 2.66. The fourth-order valence-corrected chi connectivity index (χ4v) is 8.69. The van der Waals surface area contributed by atoms with Crippen LogP contribution in [0.15, 0.2) is 27.7 Å². The van der Waals surface area contributed by atoms with Crippen molar-refractivity contribution in [2.45, 2.75) is 84.1 Å². The van der Waals surface area contributed by atoms with Crippen molar-refractivity contribution in [3.8, 4) is 5.75 Å². The van der Waals surface area contributed by atoms with Gasteiger partial charge < -0.3 is 5.11 Å². The van der Waals surface area contributed by atoms with E-state index in [1.54, 1.807) is 6.07 Å². The van der Waals surface area contributed by atoms with Crippen molar-refractivity contribution in [3.05, 3.63) is 28.2 Å². The van der Waals surface area contributed by atoms with Crippen LogP contribution in [0.2, 0.25) is 0 Å². The fourth-order valence-electron chi connectivity index (χ4n) is 8.31. The number of aromatic hydroxyl groups is 1. The molecule has 0 aromatic heterocycles. The zero-order valence-corrected chi connectivity index (χ0v) is 19.6. The summed E-state index contributed by atoms with van der Waals surface area (Å²) in [5.41, 5.74) is 1.79. The Labute approximate surface area is 184 Å². The molecular weight excluding hydrogens is 422 g/mol. The lowest BCUT2D eigenvalue weighted by Crippen LogP contribution is -2.53. The van der Waals surface area contributed by atoms with Crippen LogP contribution < -0.4 is 0 Å². The summed E-state index contributed by atoms with van der Waals surface area (Å²) in [6.07, 6.45) is 16.1. The van der Waals surface area contributed by atoms with Crippen molar-refractivity contribution >= 4 is 22.1 Å². The molecule has 4 fully saturated rings. The van der Waals surface area contributed by atoms with Crippen molar-refractivity contribution in [1.29, 1.82) is 0 Å². The third-order valence-electron chi connectivity index (χ3n) is 9.92. The lowest BCUT2D eigenvalue weighted by atomic mass is 9.45. The minimum Gasteiger partial charge on any atom is -0.507 e. The molecule has 4 saturated carbocycles. The van der Waals surface area contributed by atoms with E-state index in [9.17, 15) is 5.11 Å². The number of phenols is 1. The van der Waals surface area contributed by atoms with Crippen LogP contribution in [0, 0.1) is 34.5 Å². The molecule has 0 spiro atoms. The molecule has 5 rings (SSSR count). The van der Waals surface area contributed by atoms with Gasteiger partial charge in [0.1, 0.15) is 5.75 Å². The van der Waals surface area contributed by atoms with Gasteiger partial charge in [0.25, 0.3) is 0 Å². The van der Waals surface area contributed by atoms with Gasteiger partial charge in [-0.25, -0.2) is 0 Å². The number of benzene rings is 1. The van der Waals surface area contributed by atoms with Gasteiger partial charge in [-0.15, -0.1) is 0 Å². The highest BCUT2D eigenvalue weighted by atomic mass is 79.9. The van der Waals surface area contributed by atoms with Crippen molar-refractivity contribution in [2.24, 2.45) is 39.5 Å². The third-order valence-corrected chi connectivity index (χ3v) is 10.4. The Morgan fingerprint density at radius 2 is 1.79 bits per heavy atom. The molecule has 4 aliphatic carbocycles. The maximum atomic E-state index is 10.2. The van der Waals surface area contributed by atoms with Crippen molar-refractivity contribution in [1.82, 2.24) is 0 Å². The standard InChI is InChI=1S/C26H36BrNO/c1-25-13-4-3-5-18(25)6-8-20-21-9-11-24(26(21,2)14-12-22(20)25)28-16-17-15-19(27)7-10-23(17)29/h7,10,15-16,18,20-22,24,29H,3-6,8-9,11-14H2,1-2H3/t18-,20+,21+,22+,24+,25+,26+/m1/s1. The quantitative estimate of drug-likeness (QED) is 0.461. The second-order valence-electron chi connectivity index (χ2n) is 11.0. The summed E-state index contributed by atoms with van der Waals surface area (Å²) >= 11 is 3.51. The van der Waals surface area contributed by atoms with E-state index in [0.717, 1.165) is 33.7 Å². The van der Waals surface area contributed by atoms with E-state index in [0.29, 0.717) is 22.6 Å². The molecule has 0 unspecified atom stereocenters. The molecule has 0 heterocycles. The molecule has 1 aromatic carbocycles. The number of aliphatic imine (C=N–C) groups is 1. The zero-order chi connectivity index (χ0) is 20.2. The van der Waals surface area contributed by atoms with Crippen molar-refractivity contribution in [3.63, 3.8) is 0 Å². The van der Waals surface area contributed by atoms with Gasteiger partial charge in [0.2, 0.25) is 0 Å². The van der Waals surface area contributed by atoms with Gasteiger partial charge in [0.05, 0.1) is 6.04 Å². The SMILES string of the molecule is C[C@]12CCCC[C@@H]1CC[C@@H]1[C@@H]2CC[C@]2(C)[C@@H](N=Cc3cc(Br)ccc3O)CC[C@@H]12. The van der Waals surface area contributed by atoms with Gasteiger partial charge in [-0.05, 0) is 104 Å². The zero-order valence-electron chi connectivity index (χ0n) is 18.0. The number of nitrogens with zero attached hydrogens (tertiary/aromatic N) is 1. The molecule has 0 amide bonds. The largest absolute Gasteiger partial charge is 0.507 e. The first kappa shape index (κ1) is 20.1. The predicted molar refractivity (Wildman–Crippen MR) is 124 cm³/mol. The van der Waals surface area contributed by atoms with Gasteiger partial charge in [-0.3, -0.25) is 4.99 Å². The van der Waals surface area contributed by atoms with E-state index in [-0.39, 0.29) is 0 Å². The number of hydrogen-bond acceptors (Lipinski definition) is 2. The molecule has 1 N–H and O–H groups in total. The Hall–Kier alpha value is -0.830. The Bertz CT molecular complexity index is 806. The molecule has 158 valence electrons. The van der Waals surface area contributed by atoms with E-state index in [1.165, 1.54) is 64.2 Å². The summed E-state index contributed by atoms with van der Waals surface area (Å²) in [5, 5.41) is 10.2. The third kappa shape index (κ3) is 3.22. The minimum absolute atomic E-state index is 0.323. The molecule has 1 aromatic rings. The van der Waals surface area contributed by atoms with Crippen molar-refractivity contribution in [2.75, 3.05) is 0 Å². The Balaban J connectivity index is 1.37. The van der Waals surface area contributed by atoms with Crippen LogP contribution in [0.1, 0.15) is 83.6 Å². The predicted octanol–water partition coefficient (Wildman–Crippen LogP) is 7.38. The minimum atomic E-state index is 0.323. The van der Waals surface area contributed by atoms with Gasteiger partial charge in [0.15, 0.2) is 0 Å². The maximum Gasteiger partial charge on any atom is 0.124 e. The smallest absolute Gasteiger partial charge is 0.124 e. The van der Waals surface area contributed by atoms with E-state index >= 15 is 0 Å². The summed E-state index contributed by atoms with van der Waals surface area (Å²) in [4.78, 5) is 5.08. The maximum absolute atomic E-state index is 10.2. The number of hydrogen-bond donors (Lipinski definition) is 1. The normalized spacial score (nSPS) is 44.3. The summed E-state index contributed by atoms with van der Waals surface area (Å²) in [6, 6.07) is 6.00. The van der Waals surface area contributed by atoms with Crippen LogP contribution >= 0.6 is 15.9 Å². The van der Waals surface area contributed by atoms with Crippen LogP contribution in [0.3, 0.4) is 0 Å². The molecule has 0 radical (unpaired) electrons. The summed E-state index contributed by atoms with van der Waals surface area (Å²) in [7, 11) is 0. The highest BCUT2D eigenvalue weighted by Gasteiger charge is 2.59. The molecule has 0 bridgehead atoms. The first-order valence-corrected chi connectivity index (χ1v) is 12.7. The molecule has 29 heavy (non-hydrogen) atoms. The average molecular weight is 458 g/mol. The molecule has 3 heteroatoms. The average Bonchev–Trinajstić information content (AvgIpc) is 3.04. The Kier molecular flexibility index (Phi) is 5.12. The van der Waals surface area contributed by atoms with Crippen LogP contribution in [0.5, 0.6) is 5.75 Å². The van der Waals surface area contributed by atoms with E-state index in [1.807, 2.05) is 18.3 Å². The first-order chi connectivity index (χ1) is 13.9. The fraction of sp³-hybridized carbons (Fsp3) is 0.731. The Morgan fingerprint density at radius 3 is 2.66 bits per heavy atom. The number of halogens is 1. The molecule has 0 saturated heterocycles. The van der Waals surface area contributed by atoms with Crippen LogP contribution in [0.25, 0.3) is 0 Å². The highest BCUT2D eigenvalue weighted by molar-refractivity contribution is 9.10. The van der Waals surface area contributed by atoms with E-state index < -0.39 is 0 Å². The molecular formula is C26H36BrNO. The summed E-state index contributed by atoms with van der Waals surface area (Å²) < 4.78 is 0.991. The van der Waals surface area contributed by atoms with E-state index in [2.05, 4.69) is 29.8 Å². The molecule has 0 aliphatic heterocycles. The Morgan fingerprint density at radius 1 is 0.966 bits per heavy atom.